The lowest BCUT2D eigenvalue weighted by Crippen LogP contribution is -2.54. The van der Waals surface area contributed by atoms with Crippen LogP contribution in [0.25, 0.3) is 11.3 Å². The summed E-state index contributed by atoms with van der Waals surface area (Å²) in [6.45, 7) is 6.72. The monoisotopic (exact) mass is 565 g/mol. The average molecular weight is 566 g/mol. The van der Waals surface area contributed by atoms with E-state index < -0.39 is 35.9 Å². The van der Waals surface area contributed by atoms with Crippen LogP contribution in [0.1, 0.15) is 46.5 Å². The number of alkyl halides is 6. The SMILES string of the molecule is Cc1ccccc1-c1nc(N2C[C@@H](C)N[C@@H](C)C2)ncc1C(=O)N(C)Cc1cc(C(F)(F)F)cc(C(F)(F)F)c1. The number of halogens is 6. The quantitative estimate of drug-likeness (QED) is 0.388. The van der Waals surface area contributed by atoms with Gasteiger partial charge in [-0.15, -0.1) is 0 Å². The summed E-state index contributed by atoms with van der Waals surface area (Å²) in [4.78, 5) is 25.8. The molecule has 1 N–H and O–H groups in total. The first-order valence-electron chi connectivity index (χ1n) is 12.6. The van der Waals surface area contributed by atoms with Gasteiger partial charge >= 0.3 is 12.4 Å². The molecule has 2 atom stereocenters. The van der Waals surface area contributed by atoms with E-state index in [1.165, 1.54) is 13.2 Å². The fourth-order valence-electron chi connectivity index (χ4n) is 4.88. The highest BCUT2D eigenvalue weighted by molar-refractivity contribution is 6.00. The molecule has 0 saturated carbocycles. The largest absolute Gasteiger partial charge is 0.416 e. The summed E-state index contributed by atoms with van der Waals surface area (Å²) in [5.41, 5.74) is -1.27. The zero-order valence-corrected chi connectivity index (χ0v) is 22.4. The molecule has 6 nitrogen and oxygen atoms in total. The number of carbonyl (C=O) groups is 1. The normalized spacial score (nSPS) is 18.1. The van der Waals surface area contributed by atoms with Gasteiger partial charge in [0.05, 0.1) is 22.4 Å². The first kappa shape index (κ1) is 29.3. The highest BCUT2D eigenvalue weighted by atomic mass is 19.4. The summed E-state index contributed by atoms with van der Waals surface area (Å²) in [7, 11) is 1.31. The smallest absolute Gasteiger partial charge is 0.338 e. The number of hydrogen-bond donors (Lipinski definition) is 1. The van der Waals surface area contributed by atoms with E-state index in [2.05, 4.69) is 10.3 Å². The van der Waals surface area contributed by atoms with Crippen LogP contribution in [0.5, 0.6) is 0 Å². The van der Waals surface area contributed by atoms with Crippen LogP contribution in [-0.4, -0.2) is 53.0 Å². The lowest BCUT2D eigenvalue weighted by atomic mass is 10.0. The van der Waals surface area contributed by atoms with Crippen LogP contribution in [0.4, 0.5) is 32.3 Å². The van der Waals surface area contributed by atoms with Gasteiger partial charge in [-0.1, -0.05) is 24.3 Å². The Bertz CT molecular complexity index is 1350. The van der Waals surface area contributed by atoms with Crippen LogP contribution < -0.4 is 10.2 Å². The summed E-state index contributed by atoms with van der Waals surface area (Å²) in [6.07, 6.45) is -8.61. The Balaban J connectivity index is 1.72. The maximum absolute atomic E-state index is 13.6. The number of amides is 1. The van der Waals surface area contributed by atoms with Crippen LogP contribution in [0.15, 0.2) is 48.7 Å². The molecule has 4 rings (SSSR count). The number of carbonyl (C=O) groups excluding carboxylic acids is 1. The number of anilines is 1. The van der Waals surface area contributed by atoms with E-state index in [-0.39, 0.29) is 29.3 Å². The van der Waals surface area contributed by atoms with Crippen LogP contribution in [0, 0.1) is 6.92 Å². The van der Waals surface area contributed by atoms with Crippen molar-refractivity contribution >= 4 is 11.9 Å². The molecule has 1 amide bonds. The van der Waals surface area contributed by atoms with Crippen molar-refractivity contribution in [1.29, 1.82) is 0 Å². The van der Waals surface area contributed by atoms with Gasteiger partial charge in [0.2, 0.25) is 5.95 Å². The molecule has 2 aromatic carbocycles. The third kappa shape index (κ3) is 6.55. The van der Waals surface area contributed by atoms with Crippen LogP contribution in [0.2, 0.25) is 0 Å². The molecule has 1 aliphatic heterocycles. The third-order valence-electron chi connectivity index (χ3n) is 6.66. The van der Waals surface area contributed by atoms with Gasteiger partial charge in [-0.2, -0.15) is 26.3 Å². The molecule has 214 valence electrons. The van der Waals surface area contributed by atoms with E-state index in [0.717, 1.165) is 10.5 Å². The fraction of sp³-hybridized carbons (Fsp3) is 0.393. The second-order valence-electron chi connectivity index (χ2n) is 10.2. The standard InChI is InChI=1S/C28H29F6N5O/c1-16-7-5-6-8-22(16)24-23(12-35-26(37-24)39-13-17(2)36-18(3)14-39)25(40)38(4)15-19-9-20(27(29,30)31)11-21(10-19)28(32,33)34/h5-12,17-18,36H,13-15H2,1-4H3/t17-,18+. The average Bonchev–Trinajstić information content (AvgIpc) is 2.86. The Labute approximate surface area is 228 Å². The van der Waals surface area contributed by atoms with Crippen molar-refractivity contribution in [3.05, 3.63) is 76.5 Å². The molecule has 40 heavy (non-hydrogen) atoms. The van der Waals surface area contributed by atoms with Gasteiger partial charge < -0.3 is 15.1 Å². The molecule has 3 aromatic rings. The highest BCUT2D eigenvalue weighted by Gasteiger charge is 2.37. The summed E-state index contributed by atoms with van der Waals surface area (Å²) in [5.74, 6) is -0.219. The van der Waals surface area contributed by atoms with E-state index in [1.54, 1.807) is 12.1 Å². The Morgan fingerprint density at radius 2 is 1.57 bits per heavy atom. The molecule has 2 heterocycles. The van der Waals surface area contributed by atoms with Crippen molar-refractivity contribution in [3.63, 3.8) is 0 Å². The minimum absolute atomic E-state index is 0.0615. The number of benzene rings is 2. The van der Waals surface area contributed by atoms with Crippen LogP contribution in [0.3, 0.4) is 0 Å². The minimum atomic E-state index is -4.99. The summed E-state index contributed by atoms with van der Waals surface area (Å²) in [6, 6.07) is 8.92. The van der Waals surface area contributed by atoms with E-state index in [0.29, 0.717) is 42.4 Å². The summed E-state index contributed by atoms with van der Waals surface area (Å²) in [5, 5.41) is 3.43. The zero-order chi connectivity index (χ0) is 29.4. The minimum Gasteiger partial charge on any atom is -0.338 e. The Morgan fingerprint density at radius 1 is 1.00 bits per heavy atom. The second kappa shape index (κ2) is 11.1. The van der Waals surface area contributed by atoms with Crippen molar-refractivity contribution < 1.29 is 31.1 Å². The Kier molecular flexibility index (Phi) is 8.11. The van der Waals surface area contributed by atoms with Crippen molar-refractivity contribution in [2.75, 3.05) is 25.0 Å². The molecule has 0 spiro atoms. The van der Waals surface area contributed by atoms with Crippen molar-refractivity contribution in [2.24, 2.45) is 0 Å². The highest BCUT2D eigenvalue weighted by Crippen LogP contribution is 2.37. The van der Waals surface area contributed by atoms with E-state index >= 15 is 0 Å². The molecule has 1 aromatic heterocycles. The molecule has 0 bridgehead atoms. The predicted molar refractivity (Wildman–Crippen MR) is 139 cm³/mol. The van der Waals surface area contributed by atoms with Crippen molar-refractivity contribution in [2.45, 2.75) is 51.8 Å². The van der Waals surface area contributed by atoms with Gasteiger partial charge in [0.25, 0.3) is 5.91 Å². The number of piperazine rings is 1. The number of aryl methyl sites for hydroxylation is 1. The summed E-state index contributed by atoms with van der Waals surface area (Å²) >= 11 is 0. The number of rotatable bonds is 5. The van der Waals surface area contributed by atoms with E-state index in [1.807, 2.05) is 37.8 Å². The molecule has 1 aliphatic rings. The molecule has 0 unspecified atom stereocenters. The second-order valence-corrected chi connectivity index (χ2v) is 10.2. The van der Waals surface area contributed by atoms with Gasteiger partial charge in [0.1, 0.15) is 0 Å². The van der Waals surface area contributed by atoms with Gasteiger partial charge in [-0.05, 0) is 50.1 Å². The summed E-state index contributed by atoms with van der Waals surface area (Å²) < 4.78 is 80.1. The molecule has 12 heteroatoms. The maximum Gasteiger partial charge on any atom is 0.416 e. The van der Waals surface area contributed by atoms with E-state index in [9.17, 15) is 31.1 Å². The zero-order valence-electron chi connectivity index (χ0n) is 22.4. The lowest BCUT2D eigenvalue weighted by Gasteiger charge is -2.36. The first-order chi connectivity index (χ1) is 18.6. The predicted octanol–water partition coefficient (Wildman–Crippen LogP) is 5.95. The van der Waals surface area contributed by atoms with Gasteiger partial charge in [-0.25, -0.2) is 9.97 Å². The van der Waals surface area contributed by atoms with Crippen molar-refractivity contribution in [1.82, 2.24) is 20.2 Å². The lowest BCUT2D eigenvalue weighted by molar-refractivity contribution is -0.143. The van der Waals surface area contributed by atoms with Gasteiger partial charge in [0, 0.05) is 50.5 Å². The molecule has 0 radical (unpaired) electrons. The topological polar surface area (TPSA) is 61.4 Å². The molecule has 0 aliphatic carbocycles. The number of nitrogens with one attached hydrogen (secondary N) is 1. The van der Waals surface area contributed by atoms with Crippen LogP contribution in [-0.2, 0) is 18.9 Å². The fourth-order valence-corrected chi connectivity index (χ4v) is 4.88. The number of aromatic nitrogens is 2. The molecule has 1 saturated heterocycles. The molecular weight excluding hydrogens is 536 g/mol. The molecule has 1 fully saturated rings. The van der Waals surface area contributed by atoms with E-state index in [4.69, 9.17) is 4.98 Å². The number of hydrogen-bond acceptors (Lipinski definition) is 5. The molecular formula is C28H29F6N5O. The van der Waals surface area contributed by atoms with Gasteiger partial charge in [0.15, 0.2) is 0 Å². The Morgan fingerprint density at radius 3 is 2.12 bits per heavy atom. The number of nitrogens with zero attached hydrogens (tertiary/aromatic N) is 4. The Hall–Kier alpha value is -3.67. The maximum atomic E-state index is 13.6. The van der Waals surface area contributed by atoms with Crippen molar-refractivity contribution in [3.8, 4) is 11.3 Å². The van der Waals surface area contributed by atoms with Crippen LogP contribution >= 0.6 is 0 Å². The first-order valence-corrected chi connectivity index (χ1v) is 12.6. The van der Waals surface area contributed by atoms with Gasteiger partial charge in [-0.3, -0.25) is 4.79 Å². The third-order valence-corrected chi connectivity index (χ3v) is 6.66.